The predicted molar refractivity (Wildman–Crippen MR) is 97.1 cm³/mol. The number of carbonyl (C=O) groups is 1. The van der Waals surface area contributed by atoms with Gasteiger partial charge in [0.25, 0.3) is 5.91 Å². The maximum absolute atomic E-state index is 12.0. The molecule has 134 valence electrons. The van der Waals surface area contributed by atoms with Gasteiger partial charge in [0.2, 0.25) is 5.95 Å². The van der Waals surface area contributed by atoms with Gasteiger partial charge in [-0.3, -0.25) is 4.79 Å². The summed E-state index contributed by atoms with van der Waals surface area (Å²) in [5.41, 5.74) is 1.56. The van der Waals surface area contributed by atoms with Crippen molar-refractivity contribution in [2.24, 2.45) is 0 Å². The van der Waals surface area contributed by atoms with Gasteiger partial charge in [-0.25, -0.2) is 9.97 Å². The fraction of sp³-hybridized carbons (Fsp3) is 0.211. The highest BCUT2D eigenvalue weighted by atomic mass is 16.5. The van der Waals surface area contributed by atoms with Crippen LogP contribution in [-0.2, 0) is 13.0 Å². The Balaban J connectivity index is 1.47. The highest BCUT2D eigenvalue weighted by Gasteiger charge is 2.07. The molecule has 2 aromatic heterocycles. The third-order valence-corrected chi connectivity index (χ3v) is 3.75. The Morgan fingerprint density at radius 1 is 1.19 bits per heavy atom. The Morgan fingerprint density at radius 3 is 2.77 bits per heavy atom. The topological polar surface area (TPSA) is 89.3 Å². The van der Waals surface area contributed by atoms with E-state index in [1.54, 1.807) is 25.5 Å². The van der Waals surface area contributed by atoms with E-state index in [-0.39, 0.29) is 5.91 Å². The van der Waals surface area contributed by atoms with Gasteiger partial charge in [-0.15, -0.1) is 0 Å². The zero-order valence-electron chi connectivity index (χ0n) is 14.4. The maximum Gasteiger partial charge on any atom is 0.254 e. The van der Waals surface area contributed by atoms with Crippen molar-refractivity contribution in [3.05, 3.63) is 71.9 Å². The summed E-state index contributed by atoms with van der Waals surface area (Å²) >= 11 is 0. The monoisotopic (exact) mass is 352 g/mol. The van der Waals surface area contributed by atoms with E-state index in [1.165, 1.54) is 12.4 Å². The highest BCUT2D eigenvalue weighted by Crippen LogP contribution is 2.13. The molecule has 0 radical (unpaired) electrons. The summed E-state index contributed by atoms with van der Waals surface area (Å²) in [7, 11) is 1.65. The fourth-order valence-corrected chi connectivity index (χ4v) is 2.37. The average molecular weight is 352 g/mol. The van der Waals surface area contributed by atoms with Gasteiger partial charge in [0, 0.05) is 18.9 Å². The minimum atomic E-state index is -0.246. The Hall–Kier alpha value is -3.35. The third-order valence-electron chi connectivity index (χ3n) is 3.75. The highest BCUT2D eigenvalue weighted by molar-refractivity contribution is 5.93. The second kappa shape index (κ2) is 8.66. The molecule has 2 heterocycles. The zero-order valence-corrected chi connectivity index (χ0v) is 14.4. The van der Waals surface area contributed by atoms with Crippen molar-refractivity contribution in [3.63, 3.8) is 0 Å². The Labute approximate surface area is 151 Å². The van der Waals surface area contributed by atoms with Gasteiger partial charge >= 0.3 is 0 Å². The van der Waals surface area contributed by atoms with Crippen molar-refractivity contribution in [2.75, 3.05) is 19.0 Å². The van der Waals surface area contributed by atoms with Gasteiger partial charge in [-0.05, 0) is 36.2 Å². The number of amides is 1. The van der Waals surface area contributed by atoms with Crippen LogP contribution in [0, 0.1) is 0 Å². The summed E-state index contributed by atoms with van der Waals surface area (Å²) in [5.74, 6) is 1.76. The minimum Gasteiger partial charge on any atom is -0.497 e. The molecule has 3 rings (SSSR count). The van der Waals surface area contributed by atoms with Crippen LogP contribution < -0.4 is 15.4 Å². The van der Waals surface area contributed by atoms with E-state index < -0.39 is 0 Å². The van der Waals surface area contributed by atoms with Crippen molar-refractivity contribution in [3.8, 4) is 5.75 Å². The summed E-state index contributed by atoms with van der Waals surface area (Å²) in [4.78, 5) is 20.4. The van der Waals surface area contributed by atoms with Crippen LogP contribution in [0.1, 0.15) is 21.7 Å². The molecule has 1 aromatic carbocycles. The molecule has 0 aliphatic heterocycles. The normalized spacial score (nSPS) is 10.3. The van der Waals surface area contributed by atoms with Gasteiger partial charge in [-0.1, -0.05) is 12.1 Å². The summed E-state index contributed by atoms with van der Waals surface area (Å²) in [6.45, 7) is 1.00. The van der Waals surface area contributed by atoms with E-state index in [2.05, 4.69) is 20.6 Å². The Morgan fingerprint density at radius 2 is 2.04 bits per heavy atom. The lowest BCUT2D eigenvalue weighted by Crippen LogP contribution is -2.23. The molecule has 7 heteroatoms. The lowest BCUT2D eigenvalue weighted by molar-refractivity contribution is 0.0947. The molecule has 26 heavy (non-hydrogen) atoms. The Kier molecular flexibility index (Phi) is 5.82. The van der Waals surface area contributed by atoms with Crippen LogP contribution in [0.2, 0.25) is 0 Å². The van der Waals surface area contributed by atoms with Crippen LogP contribution >= 0.6 is 0 Å². The average Bonchev–Trinajstić information content (AvgIpc) is 3.20. The second-order valence-electron chi connectivity index (χ2n) is 5.59. The van der Waals surface area contributed by atoms with E-state index in [1.807, 2.05) is 24.3 Å². The molecule has 0 aliphatic rings. The lowest BCUT2D eigenvalue weighted by Gasteiger charge is -2.07. The lowest BCUT2D eigenvalue weighted by atomic mass is 10.1. The summed E-state index contributed by atoms with van der Waals surface area (Å²) < 4.78 is 10.4. The molecule has 0 atom stereocenters. The molecule has 0 saturated carbocycles. The number of benzene rings is 1. The van der Waals surface area contributed by atoms with Crippen LogP contribution in [0.25, 0.3) is 0 Å². The first-order valence-corrected chi connectivity index (χ1v) is 8.24. The van der Waals surface area contributed by atoms with Crippen molar-refractivity contribution in [2.45, 2.75) is 13.0 Å². The maximum atomic E-state index is 12.0. The Bertz CT molecular complexity index is 832. The van der Waals surface area contributed by atoms with E-state index in [4.69, 9.17) is 9.15 Å². The SMILES string of the molecule is COc1cccc(CCNc2ncc(C(=O)NCc3ccco3)cn2)c1. The number of carbonyl (C=O) groups excluding carboxylic acids is 1. The van der Waals surface area contributed by atoms with Gasteiger partial charge in [0.05, 0.1) is 25.5 Å². The molecule has 0 unspecified atom stereocenters. The molecule has 0 aliphatic carbocycles. The number of aromatic nitrogens is 2. The minimum absolute atomic E-state index is 0.246. The number of rotatable bonds is 8. The quantitative estimate of drug-likeness (QED) is 0.648. The molecule has 2 N–H and O–H groups in total. The summed E-state index contributed by atoms with van der Waals surface area (Å²) in [5, 5.41) is 5.89. The zero-order chi connectivity index (χ0) is 18.2. The van der Waals surface area contributed by atoms with Gasteiger partial charge in [0.15, 0.2) is 0 Å². The van der Waals surface area contributed by atoms with Crippen LogP contribution in [0.4, 0.5) is 5.95 Å². The number of nitrogens with zero attached hydrogens (tertiary/aromatic N) is 2. The van der Waals surface area contributed by atoms with E-state index in [9.17, 15) is 4.79 Å². The molecular formula is C19H20N4O3. The predicted octanol–water partition coefficient (Wildman–Crippen LogP) is 2.66. The number of nitrogens with one attached hydrogen (secondary N) is 2. The van der Waals surface area contributed by atoms with Gasteiger partial charge in [-0.2, -0.15) is 0 Å². The second-order valence-corrected chi connectivity index (χ2v) is 5.59. The van der Waals surface area contributed by atoms with Crippen LogP contribution in [0.15, 0.2) is 59.5 Å². The van der Waals surface area contributed by atoms with E-state index in [0.717, 1.165) is 17.7 Å². The van der Waals surface area contributed by atoms with Crippen molar-refractivity contribution < 1.29 is 13.9 Å². The van der Waals surface area contributed by atoms with E-state index >= 15 is 0 Å². The number of furan rings is 1. The molecule has 3 aromatic rings. The first kappa shape index (κ1) is 17.5. The number of hydrogen-bond donors (Lipinski definition) is 2. The van der Waals surface area contributed by atoms with E-state index in [0.29, 0.717) is 30.4 Å². The fourth-order valence-electron chi connectivity index (χ4n) is 2.37. The standard InChI is InChI=1S/C19H20N4O3/c1-25-16-5-2-4-14(10-16)7-8-20-19-22-11-15(12-23-19)18(24)21-13-17-6-3-9-26-17/h2-6,9-12H,7-8,13H2,1H3,(H,21,24)(H,20,22,23). The van der Waals surface area contributed by atoms with Crippen molar-refractivity contribution in [1.82, 2.24) is 15.3 Å². The molecule has 0 spiro atoms. The van der Waals surface area contributed by atoms with Crippen LogP contribution in [-0.4, -0.2) is 29.5 Å². The first-order valence-electron chi connectivity index (χ1n) is 8.24. The third kappa shape index (κ3) is 4.83. The summed E-state index contributed by atoms with van der Waals surface area (Å²) in [6, 6.07) is 11.5. The van der Waals surface area contributed by atoms with Crippen molar-refractivity contribution >= 4 is 11.9 Å². The first-order chi connectivity index (χ1) is 12.7. The van der Waals surface area contributed by atoms with Crippen molar-refractivity contribution in [1.29, 1.82) is 0 Å². The molecule has 1 amide bonds. The smallest absolute Gasteiger partial charge is 0.254 e. The number of ether oxygens (including phenoxy) is 1. The summed E-state index contributed by atoms with van der Waals surface area (Å²) in [6.07, 6.45) is 5.37. The number of anilines is 1. The molecular weight excluding hydrogens is 332 g/mol. The van der Waals surface area contributed by atoms with Crippen LogP contribution in [0.5, 0.6) is 5.75 Å². The largest absolute Gasteiger partial charge is 0.497 e. The molecule has 0 fully saturated rings. The molecule has 7 nitrogen and oxygen atoms in total. The van der Waals surface area contributed by atoms with Gasteiger partial charge in [0.1, 0.15) is 11.5 Å². The number of hydrogen-bond acceptors (Lipinski definition) is 6. The molecule has 0 bridgehead atoms. The molecule has 0 saturated heterocycles. The van der Waals surface area contributed by atoms with Crippen LogP contribution in [0.3, 0.4) is 0 Å². The van der Waals surface area contributed by atoms with Gasteiger partial charge < -0.3 is 19.8 Å². The number of methoxy groups -OCH3 is 1.